The van der Waals surface area contributed by atoms with Crippen molar-refractivity contribution < 1.29 is 14.3 Å². The molecule has 0 fully saturated rings. The van der Waals surface area contributed by atoms with E-state index in [1.54, 1.807) is 0 Å². The van der Waals surface area contributed by atoms with E-state index in [9.17, 15) is 9.59 Å². The van der Waals surface area contributed by atoms with E-state index in [2.05, 4.69) is 15.1 Å². The van der Waals surface area contributed by atoms with Crippen LogP contribution < -0.4 is 0 Å². The van der Waals surface area contributed by atoms with Gasteiger partial charge in [-0.05, 0) is 20.8 Å². The third-order valence-electron chi connectivity index (χ3n) is 1.10. The summed E-state index contributed by atoms with van der Waals surface area (Å²) in [7, 11) is 1.24. The van der Waals surface area contributed by atoms with Crippen LogP contribution in [0.1, 0.15) is 20.8 Å². The highest BCUT2D eigenvalue weighted by Crippen LogP contribution is 2.07. The normalized spacial score (nSPS) is 11.4. The summed E-state index contributed by atoms with van der Waals surface area (Å²) >= 11 is 0. The molecule has 0 atom stereocenters. The molecule has 0 N–H and O–H groups in total. The van der Waals surface area contributed by atoms with E-state index in [1.165, 1.54) is 7.11 Å². The van der Waals surface area contributed by atoms with Gasteiger partial charge in [0.25, 0.3) is 0 Å². The van der Waals surface area contributed by atoms with E-state index < -0.39 is 5.97 Å². The largest absolute Gasteiger partial charge is 0.468 e. The molecule has 0 saturated carbocycles. The lowest BCUT2D eigenvalue weighted by molar-refractivity contribution is -0.144. The number of methoxy groups -OCH3 is 1. The van der Waals surface area contributed by atoms with Crippen molar-refractivity contribution in [3.63, 3.8) is 0 Å². The van der Waals surface area contributed by atoms with Crippen LogP contribution in [0.4, 0.5) is 0 Å². The average molecular weight is 201 g/mol. The lowest BCUT2D eigenvalue weighted by Crippen LogP contribution is -2.25. The van der Waals surface area contributed by atoms with Crippen LogP contribution in [0.25, 0.3) is 0 Å². The molecule has 0 aliphatic carbocycles. The van der Waals surface area contributed by atoms with Crippen molar-refractivity contribution in [3.05, 3.63) is 0 Å². The number of hydrogen-bond acceptors (Lipinski definition) is 5. The topological polar surface area (TPSA) is 71.3 Å². The van der Waals surface area contributed by atoms with Crippen LogP contribution >= 0.6 is 0 Å². The molecule has 0 aliphatic heterocycles. The van der Waals surface area contributed by atoms with Crippen LogP contribution in [0.15, 0.2) is 10.3 Å². The number of nitrogens with zero attached hydrogens (tertiary/aromatic N) is 3. The van der Waals surface area contributed by atoms with E-state index in [0.29, 0.717) is 6.41 Å². The van der Waals surface area contributed by atoms with Gasteiger partial charge in [0.15, 0.2) is 0 Å². The molecule has 14 heavy (non-hydrogen) atoms. The molecule has 0 aromatic carbocycles. The van der Waals surface area contributed by atoms with Crippen LogP contribution in [0.2, 0.25) is 0 Å². The monoisotopic (exact) mass is 201 g/mol. The molecule has 80 valence electrons. The van der Waals surface area contributed by atoms with Crippen LogP contribution in [0.5, 0.6) is 0 Å². The minimum absolute atomic E-state index is 0.223. The summed E-state index contributed by atoms with van der Waals surface area (Å²) in [5, 5.41) is 8.30. The number of rotatable bonds is 4. The quantitative estimate of drug-likeness (QED) is 0.292. The summed E-state index contributed by atoms with van der Waals surface area (Å²) in [6.45, 7) is 5.27. The molecule has 0 heterocycles. The zero-order valence-electron chi connectivity index (χ0n) is 8.85. The van der Waals surface area contributed by atoms with Crippen LogP contribution in [-0.2, 0) is 14.3 Å². The van der Waals surface area contributed by atoms with E-state index in [4.69, 9.17) is 0 Å². The smallest absolute Gasteiger partial charge is 0.327 e. The first-order valence-corrected chi connectivity index (χ1v) is 4.10. The van der Waals surface area contributed by atoms with Gasteiger partial charge in [0.1, 0.15) is 6.54 Å². The highest BCUT2D eigenvalue weighted by Gasteiger charge is 2.11. The van der Waals surface area contributed by atoms with Gasteiger partial charge in [0, 0.05) is 0 Å². The van der Waals surface area contributed by atoms with Gasteiger partial charge in [0.2, 0.25) is 6.41 Å². The number of ether oxygens (including phenoxy) is 1. The van der Waals surface area contributed by atoms with E-state index >= 15 is 0 Å². The lowest BCUT2D eigenvalue weighted by atomic mass is 10.1. The van der Waals surface area contributed by atoms with Crippen molar-refractivity contribution in [1.82, 2.24) is 5.01 Å². The van der Waals surface area contributed by atoms with Gasteiger partial charge < -0.3 is 4.74 Å². The molecule has 0 bridgehead atoms. The maximum atomic E-state index is 10.8. The minimum Gasteiger partial charge on any atom is -0.468 e. The average Bonchev–Trinajstić information content (AvgIpc) is 2.10. The second kappa shape index (κ2) is 5.31. The first kappa shape index (κ1) is 12.5. The third-order valence-corrected chi connectivity index (χ3v) is 1.10. The molecule has 0 radical (unpaired) electrons. The van der Waals surface area contributed by atoms with E-state index in [1.807, 2.05) is 20.8 Å². The second-order valence-corrected chi connectivity index (χ2v) is 3.64. The minimum atomic E-state index is -0.537. The maximum absolute atomic E-state index is 10.8. The fraction of sp³-hybridized carbons (Fsp3) is 0.750. The summed E-state index contributed by atoms with van der Waals surface area (Å²) in [6, 6.07) is 0. The molecule has 6 nitrogen and oxygen atoms in total. The second-order valence-electron chi connectivity index (χ2n) is 3.64. The van der Waals surface area contributed by atoms with E-state index in [0.717, 1.165) is 5.01 Å². The number of carbonyl (C=O) groups excluding carboxylic acids is 2. The van der Waals surface area contributed by atoms with Gasteiger partial charge in [0.05, 0.1) is 12.6 Å². The Morgan fingerprint density at radius 3 is 2.43 bits per heavy atom. The fourth-order valence-electron chi connectivity index (χ4n) is 0.478. The number of hydrogen-bond donors (Lipinski definition) is 0. The van der Waals surface area contributed by atoms with Crippen molar-refractivity contribution in [1.29, 1.82) is 0 Å². The molecule has 0 aromatic heterocycles. The first-order chi connectivity index (χ1) is 6.39. The van der Waals surface area contributed by atoms with Gasteiger partial charge in [-0.15, -0.1) is 0 Å². The lowest BCUT2D eigenvalue weighted by Gasteiger charge is -2.12. The summed E-state index contributed by atoms with van der Waals surface area (Å²) < 4.78 is 4.37. The Hall–Kier alpha value is -1.46. The molecule has 0 aliphatic rings. The highest BCUT2D eigenvalue weighted by atomic mass is 16.5. The van der Waals surface area contributed by atoms with E-state index in [-0.39, 0.29) is 12.1 Å². The summed E-state index contributed by atoms with van der Waals surface area (Å²) in [6.07, 6.45) is 0.423. The Morgan fingerprint density at radius 2 is 2.07 bits per heavy atom. The summed E-state index contributed by atoms with van der Waals surface area (Å²) in [5.74, 6) is -0.537. The number of carbonyl (C=O) groups is 2. The molecule has 6 heteroatoms. The molecule has 0 aromatic rings. The summed E-state index contributed by atoms with van der Waals surface area (Å²) in [4.78, 5) is 21.2. The van der Waals surface area contributed by atoms with Crippen LogP contribution in [0.3, 0.4) is 0 Å². The standard InChI is InChI=1S/C8H15N3O3/c1-8(2,3)9-10-11(6-12)5-7(13)14-4/h6H,5H2,1-4H3/b10-9+. The summed E-state index contributed by atoms with van der Waals surface area (Å²) in [5.41, 5.74) is -0.378. The fourth-order valence-corrected chi connectivity index (χ4v) is 0.478. The third kappa shape index (κ3) is 6.10. The Morgan fingerprint density at radius 1 is 1.50 bits per heavy atom. The molecule has 0 rings (SSSR count). The molecule has 0 saturated heterocycles. The van der Waals surface area contributed by atoms with Crippen molar-refractivity contribution in [2.75, 3.05) is 13.7 Å². The van der Waals surface area contributed by atoms with Gasteiger partial charge in [-0.3, -0.25) is 9.59 Å². The maximum Gasteiger partial charge on any atom is 0.327 e. The molecule has 0 spiro atoms. The Kier molecular flexibility index (Phi) is 4.76. The van der Waals surface area contributed by atoms with Crippen molar-refractivity contribution in [2.45, 2.75) is 26.3 Å². The zero-order chi connectivity index (χ0) is 11.2. The number of esters is 1. The first-order valence-electron chi connectivity index (χ1n) is 4.10. The Labute approximate surface area is 82.9 Å². The number of amides is 1. The zero-order valence-corrected chi connectivity index (χ0v) is 8.85. The van der Waals surface area contributed by atoms with Gasteiger partial charge in [-0.2, -0.15) is 5.11 Å². The molecule has 1 amide bonds. The predicted molar refractivity (Wildman–Crippen MR) is 49.4 cm³/mol. The van der Waals surface area contributed by atoms with Gasteiger partial charge >= 0.3 is 5.97 Å². The van der Waals surface area contributed by atoms with Crippen LogP contribution in [-0.4, -0.2) is 36.6 Å². The van der Waals surface area contributed by atoms with Crippen molar-refractivity contribution in [2.24, 2.45) is 10.3 Å². The molecular weight excluding hydrogens is 186 g/mol. The van der Waals surface area contributed by atoms with Crippen molar-refractivity contribution in [3.8, 4) is 0 Å². The molecule has 0 unspecified atom stereocenters. The molecular formula is C8H15N3O3. The highest BCUT2D eigenvalue weighted by molar-refractivity contribution is 5.73. The Balaban J connectivity index is 4.23. The van der Waals surface area contributed by atoms with Crippen LogP contribution in [0, 0.1) is 0 Å². The Bertz CT molecular complexity index is 232. The van der Waals surface area contributed by atoms with Gasteiger partial charge in [-0.1, -0.05) is 5.22 Å². The predicted octanol–water partition coefficient (Wildman–Crippen LogP) is 0.783. The van der Waals surface area contributed by atoms with Gasteiger partial charge in [-0.25, -0.2) is 5.01 Å². The SMILES string of the molecule is COC(=O)CN(C=O)/N=N/C(C)(C)C. The van der Waals surface area contributed by atoms with Crippen molar-refractivity contribution >= 4 is 12.4 Å².